The number of hydrogen-bond donors (Lipinski definition) is 0. The average Bonchev–Trinajstić information content (AvgIpc) is 3.13. The molecule has 3 aliphatic heterocycles. The van der Waals surface area contributed by atoms with E-state index in [1.165, 1.54) is 0 Å². The van der Waals surface area contributed by atoms with Crippen LogP contribution in [0.4, 0.5) is 0 Å². The zero-order valence-electron chi connectivity index (χ0n) is 13.5. The molecular formula is C16H26N2O4. The SMILES string of the molecule is CCCOC(=O)[C@H]1[C@@H](C(=O)N2CCN(C)CC2)[C@@H]2CC[C@H]1O2. The van der Waals surface area contributed by atoms with Gasteiger partial charge in [-0.15, -0.1) is 0 Å². The molecule has 0 spiro atoms. The van der Waals surface area contributed by atoms with Crippen LogP contribution in [0.3, 0.4) is 0 Å². The Morgan fingerprint density at radius 2 is 1.73 bits per heavy atom. The first-order valence-corrected chi connectivity index (χ1v) is 8.41. The molecule has 4 atom stereocenters. The first-order valence-electron chi connectivity index (χ1n) is 8.41. The molecule has 0 aromatic carbocycles. The lowest BCUT2D eigenvalue weighted by Gasteiger charge is -2.36. The lowest BCUT2D eigenvalue weighted by Crippen LogP contribution is -2.52. The van der Waals surface area contributed by atoms with Crippen LogP contribution in [0.2, 0.25) is 0 Å². The summed E-state index contributed by atoms with van der Waals surface area (Å²) < 4.78 is 11.2. The summed E-state index contributed by atoms with van der Waals surface area (Å²) in [6.07, 6.45) is 2.31. The number of rotatable bonds is 4. The Balaban J connectivity index is 1.69. The molecule has 0 aromatic heterocycles. The van der Waals surface area contributed by atoms with Gasteiger partial charge in [0.1, 0.15) is 0 Å². The summed E-state index contributed by atoms with van der Waals surface area (Å²) in [7, 11) is 2.06. The van der Waals surface area contributed by atoms with Crippen LogP contribution < -0.4 is 0 Å². The van der Waals surface area contributed by atoms with Crippen molar-refractivity contribution in [2.45, 2.75) is 38.4 Å². The van der Waals surface area contributed by atoms with E-state index < -0.39 is 5.92 Å². The van der Waals surface area contributed by atoms with Crippen molar-refractivity contribution >= 4 is 11.9 Å². The number of ether oxygens (including phenoxy) is 2. The summed E-state index contributed by atoms with van der Waals surface area (Å²) in [6.45, 7) is 5.64. The summed E-state index contributed by atoms with van der Waals surface area (Å²) in [4.78, 5) is 29.4. The van der Waals surface area contributed by atoms with Gasteiger partial charge in [0, 0.05) is 26.2 Å². The van der Waals surface area contributed by atoms with Crippen LogP contribution in [0.1, 0.15) is 26.2 Å². The number of esters is 1. The second-order valence-corrected chi connectivity index (χ2v) is 6.64. The number of hydrogen-bond acceptors (Lipinski definition) is 5. The summed E-state index contributed by atoms with van der Waals surface area (Å²) >= 11 is 0. The maximum Gasteiger partial charge on any atom is 0.312 e. The van der Waals surface area contributed by atoms with Crippen LogP contribution in [0.25, 0.3) is 0 Å². The molecule has 2 bridgehead atoms. The summed E-state index contributed by atoms with van der Waals surface area (Å²) in [5, 5.41) is 0. The Morgan fingerprint density at radius 3 is 2.36 bits per heavy atom. The maximum absolute atomic E-state index is 12.9. The van der Waals surface area contributed by atoms with Crippen molar-refractivity contribution in [1.82, 2.24) is 9.80 Å². The monoisotopic (exact) mass is 310 g/mol. The second-order valence-electron chi connectivity index (χ2n) is 6.64. The van der Waals surface area contributed by atoms with Crippen LogP contribution in [-0.4, -0.2) is 73.7 Å². The van der Waals surface area contributed by atoms with E-state index in [-0.39, 0.29) is 30.0 Å². The van der Waals surface area contributed by atoms with Crippen molar-refractivity contribution in [3.63, 3.8) is 0 Å². The quantitative estimate of drug-likeness (QED) is 0.708. The molecule has 124 valence electrons. The van der Waals surface area contributed by atoms with E-state index in [1.807, 2.05) is 11.8 Å². The molecule has 3 aliphatic rings. The first-order chi connectivity index (χ1) is 10.6. The van der Waals surface area contributed by atoms with Gasteiger partial charge < -0.3 is 19.3 Å². The van der Waals surface area contributed by atoms with Crippen LogP contribution in [0.15, 0.2) is 0 Å². The zero-order valence-corrected chi connectivity index (χ0v) is 13.5. The van der Waals surface area contributed by atoms with Crippen molar-refractivity contribution in [3.8, 4) is 0 Å². The molecule has 3 fully saturated rings. The first kappa shape index (κ1) is 15.7. The van der Waals surface area contributed by atoms with Crippen molar-refractivity contribution in [2.75, 3.05) is 39.8 Å². The highest BCUT2D eigenvalue weighted by molar-refractivity contribution is 5.87. The van der Waals surface area contributed by atoms with Gasteiger partial charge in [0.05, 0.1) is 30.7 Å². The van der Waals surface area contributed by atoms with E-state index in [4.69, 9.17) is 9.47 Å². The Kier molecular flexibility index (Phi) is 4.68. The van der Waals surface area contributed by atoms with E-state index in [0.29, 0.717) is 6.61 Å². The molecule has 0 radical (unpaired) electrons. The van der Waals surface area contributed by atoms with Crippen LogP contribution in [-0.2, 0) is 19.1 Å². The maximum atomic E-state index is 12.9. The Hall–Kier alpha value is -1.14. The van der Waals surface area contributed by atoms with Crippen molar-refractivity contribution in [1.29, 1.82) is 0 Å². The third-order valence-electron chi connectivity index (χ3n) is 5.09. The minimum atomic E-state index is -0.405. The average molecular weight is 310 g/mol. The van der Waals surface area contributed by atoms with Gasteiger partial charge in [0.25, 0.3) is 0 Å². The molecule has 0 aliphatic carbocycles. The molecule has 0 N–H and O–H groups in total. The molecule has 3 saturated heterocycles. The Morgan fingerprint density at radius 1 is 1.09 bits per heavy atom. The lowest BCUT2D eigenvalue weighted by atomic mass is 9.78. The van der Waals surface area contributed by atoms with Crippen LogP contribution in [0.5, 0.6) is 0 Å². The molecule has 0 saturated carbocycles. The number of carbonyl (C=O) groups excluding carboxylic acids is 2. The fourth-order valence-corrected chi connectivity index (χ4v) is 3.83. The van der Waals surface area contributed by atoms with Gasteiger partial charge in [-0.1, -0.05) is 6.92 Å². The summed E-state index contributed by atoms with van der Waals surface area (Å²) in [5.41, 5.74) is 0. The number of carbonyl (C=O) groups is 2. The number of piperazine rings is 1. The Labute approximate surface area is 131 Å². The highest BCUT2D eigenvalue weighted by Crippen LogP contribution is 2.45. The smallest absolute Gasteiger partial charge is 0.312 e. The topological polar surface area (TPSA) is 59.1 Å². The predicted molar refractivity (Wildman–Crippen MR) is 80.2 cm³/mol. The molecule has 0 unspecified atom stereocenters. The molecule has 1 amide bonds. The third-order valence-corrected chi connectivity index (χ3v) is 5.09. The standard InChI is InChI=1S/C16H26N2O4/c1-3-10-21-16(20)14-12-5-4-11(22-12)13(14)15(19)18-8-6-17(2)7-9-18/h11-14H,3-10H2,1-2H3/t11-,12+,13-,14+/m0/s1. The van der Waals surface area contributed by atoms with Crippen molar-refractivity contribution < 1.29 is 19.1 Å². The van der Waals surface area contributed by atoms with Gasteiger partial charge in [-0.3, -0.25) is 9.59 Å². The highest BCUT2D eigenvalue weighted by atomic mass is 16.5. The van der Waals surface area contributed by atoms with Gasteiger partial charge in [-0.25, -0.2) is 0 Å². The molecule has 22 heavy (non-hydrogen) atoms. The normalized spacial score (nSPS) is 34.9. The molecular weight excluding hydrogens is 284 g/mol. The van der Waals surface area contributed by atoms with Gasteiger partial charge >= 0.3 is 5.97 Å². The Bertz CT molecular complexity index is 434. The zero-order chi connectivity index (χ0) is 15.7. The van der Waals surface area contributed by atoms with Crippen LogP contribution in [0, 0.1) is 11.8 Å². The molecule has 3 rings (SSSR count). The second kappa shape index (κ2) is 6.54. The number of nitrogens with zero attached hydrogens (tertiary/aromatic N) is 2. The van der Waals surface area contributed by atoms with Gasteiger partial charge in [0.2, 0.25) is 5.91 Å². The number of amides is 1. The summed E-state index contributed by atoms with van der Waals surface area (Å²) in [6, 6.07) is 0. The van der Waals surface area contributed by atoms with Crippen molar-refractivity contribution in [2.24, 2.45) is 11.8 Å². The third kappa shape index (κ3) is 2.86. The molecule has 6 heteroatoms. The van der Waals surface area contributed by atoms with Crippen molar-refractivity contribution in [3.05, 3.63) is 0 Å². The minimum absolute atomic E-state index is 0.0822. The van der Waals surface area contributed by atoms with E-state index in [9.17, 15) is 9.59 Å². The predicted octanol–water partition coefficient (Wildman–Crippen LogP) is 0.507. The molecule has 3 heterocycles. The number of fused-ring (bicyclic) bond motifs is 2. The largest absolute Gasteiger partial charge is 0.465 e. The van der Waals surface area contributed by atoms with E-state index in [1.54, 1.807) is 0 Å². The van der Waals surface area contributed by atoms with E-state index in [2.05, 4.69) is 11.9 Å². The van der Waals surface area contributed by atoms with Gasteiger partial charge in [0.15, 0.2) is 0 Å². The van der Waals surface area contributed by atoms with Gasteiger partial charge in [-0.05, 0) is 26.3 Å². The van der Waals surface area contributed by atoms with Crippen LogP contribution >= 0.6 is 0 Å². The highest BCUT2D eigenvalue weighted by Gasteiger charge is 2.56. The van der Waals surface area contributed by atoms with E-state index in [0.717, 1.165) is 45.4 Å². The molecule has 0 aromatic rings. The fraction of sp³-hybridized carbons (Fsp3) is 0.875. The number of likely N-dealkylation sites (N-methyl/N-ethyl adjacent to an activating group) is 1. The fourth-order valence-electron chi connectivity index (χ4n) is 3.83. The minimum Gasteiger partial charge on any atom is -0.465 e. The summed E-state index contributed by atoms with van der Waals surface area (Å²) in [5.74, 6) is -0.913. The van der Waals surface area contributed by atoms with Gasteiger partial charge in [-0.2, -0.15) is 0 Å². The molecule has 6 nitrogen and oxygen atoms in total. The lowest BCUT2D eigenvalue weighted by molar-refractivity contribution is -0.156. The van der Waals surface area contributed by atoms with E-state index >= 15 is 0 Å².